The van der Waals surface area contributed by atoms with Crippen molar-refractivity contribution >= 4 is 5.91 Å². The third-order valence-electron chi connectivity index (χ3n) is 1.83. The minimum Gasteiger partial charge on any atom is -0.345 e. The van der Waals surface area contributed by atoms with E-state index < -0.39 is 0 Å². The van der Waals surface area contributed by atoms with Crippen molar-refractivity contribution in [2.45, 2.75) is 6.54 Å². The Kier molecular flexibility index (Phi) is 2.68. The van der Waals surface area contributed by atoms with Gasteiger partial charge in [0.25, 0.3) is 5.91 Å². The van der Waals surface area contributed by atoms with Crippen molar-refractivity contribution < 1.29 is 4.79 Å². The molecule has 0 fully saturated rings. The molecule has 15 heavy (non-hydrogen) atoms. The molecular weight excluding hydrogens is 194 g/mol. The number of carbonyl (C=O) groups is 1. The Morgan fingerprint density at radius 2 is 2.20 bits per heavy atom. The van der Waals surface area contributed by atoms with Gasteiger partial charge in [-0.05, 0) is 17.7 Å². The lowest BCUT2D eigenvalue weighted by molar-refractivity contribution is 0.0941. The zero-order chi connectivity index (χ0) is 10.5. The molecule has 2 rings (SSSR count). The first-order chi connectivity index (χ1) is 7.36. The molecule has 0 bridgehead atoms. The van der Waals surface area contributed by atoms with Gasteiger partial charge in [-0.3, -0.25) is 14.9 Å². The number of carbonyl (C=O) groups excluding carboxylic acids is 1. The zero-order valence-electron chi connectivity index (χ0n) is 7.84. The lowest BCUT2D eigenvalue weighted by atomic mass is 10.3. The number of hydrogen-bond donors (Lipinski definition) is 2. The van der Waals surface area contributed by atoms with Crippen LogP contribution in [0.25, 0.3) is 0 Å². The SMILES string of the molecule is O=C(NCc1ccncc1)c1ncn[nH]1. The second kappa shape index (κ2) is 4.32. The Bertz CT molecular complexity index is 425. The lowest BCUT2D eigenvalue weighted by Crippen LogP contribution is -2.23. The molecule has 0 aromatic carbocycles. The Hall–Kier alpha value is -2.24. The second-order valence-corrected chi connectivity index (χ2v) is 2.87. The van der Waals surface area contributed by atoms with E-state index in [-0.39, 0.29) is 11.7 Å². The van der Waals surface area contributed by atoms with E-state index in [2.05, 4.69) is 25.5 Å². The molecule has 6 heteroatoms. The highest BCUT2D eigenvalue weighted by atomic mass is 16.2. The monoisotopic (exact) mass is 203 g/mol. The van der Waals surface area contributed by atoms with Gasteiger partial charge in [0.05, 0.1) is 0 Å². The zero-order valence-corrected chi connectivity index (χ0v) is 7.84. The van der Waals surface area contributed by atoms with Crippen molar-refractivity contribution in [3.63, 3.8) is 0 Å². The molecule has 0 atom stereocenters. The van der Waals surface area contributed by atoms with Gasteiger partial charge in [-0.1, -0.05) is 0 Å². The molecular formula is C9H9N5O. The fourth-order valence-electron chi connectivity index (χ4n) is 1.08. The summed E-state index contributed by atoms with van der Waals surface area (Å²) in [5.41, 5.74) is 0.984. The van der Waals surface area contributed by atoms with Crippen molar-refractivity contribution in [2.75, 3.05) is 0 Å². The number of aromatic nitrogens is 4. The van der Waals surface area contributed by atoms with Gasteiger partial charge in [-0.2, -0.15) is 5.10 Å². The number of aromatic amines is 1. The van der Waals surface area contributed by atoms with Crippen molar-refractivity contribution in [3.05, 3.63) is 42.2 Å². The summed E-state index contributed by atoms with van der Waals surface area (Å²) in [7, 11) is 0. The molecule has 1 amide bonds. The predicted molar refractivity (Wildman–Crippen MR) is 51.8 cm³/mol. The number of nitrogens with zero attached hydrogens (tertiary/aromatic N) is 3. The van der Waals surface area contributed by atoms with Crippen LogP contribution < -0.4 is 5.32 Å². The number of pyridine rings is 1. The van der Waals surface area contributed by atoms with Crippen LogP contribution in [0.15, 0.2) is 30.9 Å². The van der Waals surface area contributed by atoms with Crippen LogP contribution >= 0.6 is 0 Å². The fourth-order valence-corrected chi connectivity index (χ4v) is 1.08. The molecule has 0 aliphatic heterocycles. The first-order valence-corrected chi connectivity index (χ1v) is 4.39. The fraction of sp³-hybridized carbons (Fsp3) is 0.111. The minimum absolute atomic E-state index is 0.212. The van der Waals surface area contributed by atoms with Gasteiger partial charge in [0.2, 0.25) is 5.82 Å². The highest BCUT2D eigenvalue weighted by molar-refractivity contribution is 5.90. The molecule has 2 aromatic rings. The van der Waals surface area contributed by atoms with Crippen molar-refractivity contribution in [1.82, 2.24) is 25.5 Å². The van der Waals surface area contributed by atoms with Crippen molar-refractivity contribution in [1.29, 1.82) is 0 Å². The summed E-state index contributed by atoms with van der Waals surface area (Å²) >= 11 is 0. The highest BCUT2D eigenvalue weighted by Crippen LogP contribution is 1.95. The van der Waals surface area contributed by atoms with Crippen molar-refractivity contribution in [2.24, 2.45) is 0 Å². The topological polar surface area (TPSA) is 83.6 Å². The van der Waals surface area contributed by atoms with Crippen LogP contribution in [-0.2, 0) is 6.54 Å². The van der Waals surface area contributed by atoms with E-state index in [0.29, 0.717) is 6.54 Å². The summed E-state index contributed by atoms with van der Waals surface area (Å²) in [6.07, 6.45) is 4.65. The van der Waals surface area contributed by atoms with E-state index in [4.69, 9.17) is 0 Å². The summed E-state index contributed by atoms with van der Waals surface area (Å²) in [4.78, 5) is 19.0. The maximum Gasteiger partial charge on any atom is 0.288 e. The smallest absolute Gasteiger partial charge is 0.288 e. The molecule has 0 spiro atoms. The van der Waals surface area contributed by atoms with Crippen LogP contribution in [0.2, 0.25) is 0 Å². The largest absolute Gasteiger partial charge is 0.345 e. The average Bonchev–Trinajstić information content (AvgIpc) is 2.81. The molecule has 2 N–H and O–H groups in total. The molecule has 0 saturated heterocycles. The molecule has 0 aliphatic carbocycles. The van der Waals surface area contributed by atoms with Crippen LogP contribution in [0.1, 0.15) is 16.2 Å². The number of hydrogen-bond acceptors (Lipinski definition) is 4. The molecule has 2 heterocycles. The summed E-state index contributed by atoms with van der Waals surface area (Å²) in [6, 6.07) is 3.67. The quantitative estimate of drug-likeness (QED) is 0.742. The minimum atomic E-state index is -0.274. The standard InChI is InChI=1S/C9H9N5O/c15-9(8-12-6-13-14-8)11-5-7-1-3-10-4-2-7/h1-4,6H,5H2,(H,11,15)(H,12,13,14). The third-order valence-corrected chi connectivity index (χ3v) is 1.83. The number of amides is 1. The maximum atomic E-state index is 11.4. The third kappa shape index (κ3) is 2.37. The highest BCUT2D eigenvalue weighted by Gasteiger charge is 2.06. The molecule has 76 valence electrons. The van der Waals surface area contributed by atoms with E-state index in [9.17, 15) is 4.79 Å². The molecule has 0 saturated carbocycles. The number of rotatable bonds is 3. The van der Waals surface area contributed by atoms with Crippen LogP contribution in [0.5, 0.6) is 0 Å². The van der Waals surface area contributed by atoms with Gasteiger partial charge in [-0.15, -0.1) is 0 Å². The van der Waals surface area contributed by atoms with Gasteiger partial charge in [0, 0.05) is 18.9 Å². The van der Waals surface area contributed by atoms with Crippen LogP contribution in [-0.4, -0.2) is 26.1 Å². The van der Waals surface area contributed by atoms with Gasteiger partial charge >= 0.3 is 0 Å². The van der Waals surface area contributed by atoms with E-state index in [1.165, 1.54) is 6.33 Å². The predicted octanol–water partition coefficient (Wildman–Crippen LogP) is 0.130. The van der Waals surface area contributed by atoms with Crippen LogP contribution in [0.4, 0.5) is 0 Å². The summed E-state index contributed by atoms with van der Waals surface area (Å²) in [6.45, 7) is 0.446. The summed E-state index contributed by atoms with van der Waals surface area (Å²) < 4.78 is 0. The van der Waals surface area contributed by atoms with E-state index in [1.807, 2.05) is 12.1 Å². The van der Waals surface area contributed by atoms with E-state index in [1.54, 1.807) is 12.4 Å². The summed E-state index contributed by atoms with van der Waals surface area (Å²) in [5.74, 6) is -0.0617. The Balaban J connectivity index is 1.92. The van der Waals surface area contributed by atoms with E-state index >= 15 is 0 Å². The molecule has 0 radical (unpaired) electrons. The Labute approximate surface area is 85.8 Å². The number of H-pyrrole nitrogens is 1. The second-order valence-electron chi connectivity index (χ2n) is 2.87. The Morgan fingerprint density at radius 1 is 1.40 bits per heavy atom. The maximum absolute atomic E-state index is 11.4. The first kappa shape index (κ1) is 9.32. The lowest BCUT2D eigenvalue weighted by Gasteiger charge is -2.01. The molecule has 2 aromatic heterocycles. The molecule has 6 nitrogen and oxygen atoms in total. The molecule has 0 aliphatic rings. The van der Waals surface area contributed by atoms with Gasteiger partial charge in [0.15, 0.2) is 0 Å². The van der Waals surface area contributed by atoms with Crippen molar-refractivity contribution in [3.8, 4) is 0 Å². The summed E-state index contributed by atoms with van der Waals surface area (Å²) in [5, 5.41) is 8.78. The number of nitrogens with one attached hydrogen (secondary N) is 2. The molecule has 0 unspecified atom stereocenters. The van der Waals surface area contributed by atoms with Crippen LogP contribution in [0, 0.1) is 0 Å². The van der Waals surface area contributed by atoms with Crippen LogP contribution in [0.3, 0.4) is 0 Å². The van der Waals surface area contributed by atoms with Gasteiger partial charge in [0.1, 0.15) is 6.33 Å². The first-order valence-electron chi connectivity index (χ1n) is 4.39. The normalized spacial score (nSPS) is 9.87. The average molecular weight is 203 g/mol. The Morgan fingerprint density at radius 3 is 2.87 bits per heavy atom. The van der Waals surface area contributed by atoms with E-state index in [0.717, 1.165) is 5.56 Å². The van der Waals surface area contributed by atoms with Gasteiger partial charge in [-0.25, -0.2) is 4.98 Å². The van der Waals surface area contributed by atoms with Gasteiger partial charge < -0.3 is 5.32 Å².